The molecule has 298 valence electrons. The number of aromatic nitrogens is 2. The number of hydrogen-bond acceptors (Lipinski definition) is 9. The molecule has 1 saturated carbocycles. The van der Waals surface area contributed by atoms with Gasteiger partial charge in [-0.15, -0.1) is 0 Å². The number of aromatic carboxylic acids is 1. The summed E-state index contributed by atoms with van der Waals surface area (Å²) in [6.45, 7) is 14.0. The second kappa shape index (κ2) is 18.5. The SMILES string of the molecule is CCOC(=O)c1cc(C)ccc1Nc1cnc(-c2cccc(OC(C)C)c2)c(C)c1.Cc1ccc(Nc2cnc(-c3cccc(OC4CC4)c3)c(C)c2)c(C(=O)O)c1. The van der Waals surface area contributed by atoms with Gasteiger partial charge in [0.2, 0.25) is 0 Å². The lowest BCUT2D eigenvalue weighted by Gasteiger charge is -2.14. The number of nitrogens with zero attached hydrogens (tertiary/aromatic N) is 2. The van der Waals surface area contributed by atoms with E-state index >= 15 is 0 Å². The number of nitrogens with one attached hydrogen (secondary N) is 2. The predicted octanol–water partition coefficient (Wildman–Crippen LogP) is 11.4. The highest BCUT2D eigenvalue weighted by molar-refractivity contribution is 5.97. The van der Waals surface area contributed by atoms with Crippen molar-refractivity contribution in [3.05, 3.63) is 143 Å². The van der Waals surface area contributed by atoms with Gasteiger partial charge in [0.05, 0.1) is 76.5 Å². The highest BCUT2D eigenvalue weighted by Gasteiger charge is 2.23. The predicted molar refractivity (Wildman–Crippen MR) is 230 cm³/mol. The third-order valence-electron chi connectivity index (χ3n) is 9.20. The number of benzene rings is 4. The lowest BCUT2D eigenvalue weighted by Crippen LogP contribution is -2.08. The van der Waals surface area contributed by atoms with Crippen LogP contribution in [0, 0.1) is 27.7 Å². The van der Waals surface area contributed by atoms with Crippen LogP contribution >= 0.6 is 0 Å². The summed E-state index contributed by atoms with van der Waals surface area (Å²) in [4.78, 5) is 33.1. The van der Waals surface area contributed by atoms with E-state index in [0.29, 0.717) is 29.6 Å². The van der Waals surface area contributed by atoms with Crippen molar-refractivity contribution in [3.8, 4) is 34.0 Å². The molecule has 2 aromatic heterocycles. The number of rotatable bonds is 13. The second-order valence-electron chi connectivity index (χ2n) is 14.7. The highest BCUT2D eigenvalue weighted by atomic mass is 16.5. The summed E-state index contributed by atoms with van der Waals surface area (Å²) in [5.41, 5.74) is 11.2. The van der Waals surface area contributed by atoms with Crippen LogP contribution in [0.1, 0.15) is 76.6 Å². The normalized spacial score (nSPS) is 11.9. The van der Waals surface area contributed by atoms with E-state index in [1.54, 1.807) is 31.5 Å². The summed E-state index contributed by atoms with van der Waals surface area (Å²) in [5.74, 6) is 0.394. The minimum atomic E-state index is -0.958. The Bertz CT molecular complexity index is 2420. The van der Waals surface area contributed by atoms with Crippen molar-refractivity contribution in [2.45, 2.75) is 73.5 Å². The summed E-state index contributed by atoms with van der Waals surface area (Å²) < 4.78 is 16.9. The Morgan fingerprint density at radius 3 is 1.72 bits per heavy atom. The standard InChI is InChI=1S/C25H28N2O3.C23H22N2O3/c1-6-29-25(28)22-12-17(4)10-11-23(22)27-20-13-18(5)24(26-15-20)19-8-7-9-21(14-19)30-16(2)3;1-14-6-9-21(20(10-14)23(26)27)25-17-11-15(2)22(24-13-17)16-4-3-5-19(12-16)28-18-7-8-18/h7-16,27H,6H2,1-5H3;3-6,9-13,18,25H,7-8H2,1-2H3,(H,26,27). The van der Waals surface area contributed by atoms with Gasteiger partial charge in [0.15, 0.2) is 0 Å². The molecule has 1 aliphatic rings. The van der Waals surface area contributed by atoms with Gasteiger partial charge in [0.25, 0.3) is 0 Å². The van der Waals surface area contributed by atoms with Crippen molar-refractivity contribution in [1.82, 2.24) is 9.97 Å². The number of aryl methyl sites for hydroxylation is 4. The molecule has 2 heterocycles. The Labute approximate surface area is 340 Å². The zero-order valence-corrected chi connectivity index (χ0v) is 34.1. The molecular formula is C48H50N4O6. The lowest BCUT2D eigenvalue weighted by atomic mass is 10.1. The van der Waals surface area contributed by atoms with Gasteiger partial charge in [-0.25, -0.2) is 9.59 Å². The Balaban J connectivity index is 0.000000196. The van der Waals surface area contributed by atoms with Gasteiger partial charge in [-0.1, -0.05) is 47.5 Å². The fourth-order valence-electron chi connectivity index (χ4n) is 6.37. The van der Waals surface area contributed by atoms with Crippen molar-refractivity contribution in [1.29, 1.82) is 0 Å². The van der Waals surface area contributed by atoms with Gasteiger partial charge in [0.1, 0.15) is 11.5 Å². The molecule has 3 N–H and O–H groups in total. The zero-order chi connectivity index (χ0) is 41.3. The van der Waals surface area contributed by atoms with Gasteiger partial charge in [-0.2, -0.15) is 0 Å². The summed E-state index contributed by atoms with van der Waals surface area (Å²) >= 11 is 0. The molecule has 10 heteroatoms. The topological polar surface area (TPSA) is 132 Å². The molecule has 7 rings (SSSR count). The van der Waals surface area contributed by atoms with Crippen LogP contribution in [-0.2, 0) is 4.74 Å². The van der Waals surface area contributed by atoms with Crippen LogP contribution < -0.4 is 20.1 Å². The number of anilines is 4. The molecule has 0 radical (unpaired) electrons. The van der Waals surface area contributed by atoms with Gasteiger partial charge in [-0.05, 0) is 133 Å². The molecule has 0 spiro atoms. The van der Waals surface area contributed by atoms with E-state index in [1.807, 2.05) is 126 Å². The largest absolute Gasteiger partial charge is 0.491 e. The third-order valence-corrected chi connectivity index (χ3v) is 9.20. The number of pyridine rings is 2. The van der Waals surface area contributed by atoms with Crippen LogP contribution in [0.5, 0.6) is 11.5 Å². The summed E-state index contributed by atoms with van der Waals surface area (Å²) in [7, 11) is 0. The maximum atomic E-state index is 12.3. The van der Waals surface area contributed by atoms with Crippen LogP contribution in [-0.4, -0.2) is 45.8 Å². The van der Waals surface area contributed by atoms with Gasteiger partial charge in [-0.3, -0.25) is 9.97 Å². The maximum Gasteiger partial charge on any atom is 0.340 e. The molecule has 0 saturated heterocycles. The number of carbonyl (C=O) groups excluding carboxylic acids is 1. The summed E-state index contributed by atoms with van der Waals surface area (Å²) in [5, 5.41) is 15.9. The number of ether oxygens (including phenoxy) is 3. The van der Waals surface area contributed by atoms with Crippen LogP contribution in [0.2, 0.25) is 0 Å². The first kappa shape index (κ1) is 41.0. The van der Waals surface area contributed by atoms with Gasteiger partial charge >= 0.3 is 11.9 Å². The molecule has 58 heavy (non-hydrogen) atoms. The zero-order valence-electron chi connectivity index (χ0n) is 34.1. The summed E-state index contributed by atoms with van der Waals surface area (Å²) in [6, 6.07) is 30.9. The monoisotopic (exact) mass is 778 g/mol. The molecular weight excluding hydrogens is 729 g/mol. The highest BCUT2D eigenvalue weighted by Crippen LogP contribution is 2.32. The van der Waals surface area contributed by atoms with Crippen molar-refractivity contribution in [2.75, 3.05) is 17.2 Å². The van der Waals surface area contributed by atoms with Gasteiger partial charge in [0, 0.05) is 11.1 Å². The molecule has 1 aliphatic carbocycles. The minimum Gasteiger partial charge on any atom is -0.491 e. The first-order valence-corrected chi connectivity index (χ1v) is 19.5. The average molecular weight is 779 g/mol. The Morgan fingerprint density at radius 2 is 1.22 bits per heavy atom. The van der Waals surface area contributed by atoms with E-state index < -0.39 is 5.97 Å². The quantitative estimate of drug-likeness (QED) is 0.0973. The molecule has 1 fully saturated rings. The Morgan fingerprint density at radius 1 is 0.707 bits per heavy atom. The third kappa shape index (κ3) is 10.8. The Hall–Kier alpha value is -6.68. The molecule has 4 aromatic carbocycles. The first-order chi connectivity index (χ1) is 27.9. The molecule has 0 unspecified atom stereocenters. The number of carboxylic acids is 1. The smallest absolute Gasteiger partial charge is 0.340 e. The lowest BCUT2D eigenvalue weighted by molar-refractivity contribution is 0.0527. The molecule has 0 amide bonds. The van der Waals surface area contributed by atoms with Crippen molar-refractivity contribution in [3.63, 3.8) is 0 Å². The Kier molecular flexibility index (Phi) is 13.1. The van der Waals surface area contributed by atoms with Gasteiger partial charge < -0.3 is 30.0 Å². The van der Waals surface area contributed by atoms with E-state index in [-0.39, 0.29) is 17.6 Å². The number of carbonyl (C=O) groups is 2. The van der Waals surface area contributed by atoms with Crippen molar-refractivity contribution in [2.24, 2.45) is 0 Å². The van der Waals surface area contributed by atoms with E-state index in [0.717, 1.165) is 80.5 Å². The number of hydrogen-bond donors (Lipinski definition) is 3. The number of esters is 1. The van der Waals surface area contributed by atoms with Crippen LogP contribution in [0.4, 0.5) is 22.7 Å². The van der Waals surface area contributed by atoms with E-state index in [9.17, 15) is 14.7 Å². The number of carboxylic acid groups (broad SMARTS) is 1. The van der Waals surface area contributed by atoms with E-state index in [2.05, 4.69) is 20.6 Å². The van der Waals surface area contributed by atoms with Crippen LogP contribution in [0.3, 0.4) is 0 Å². The van der Waals surface area contributed by atoms with Crippen molar-refractivity contribution < 1.29 is 28.9 Å². The molecule has 10 nitrogen and oxygen atoms in total. The van der Waals surface area contributed by atoms with Crippen LogP contribution in [0.15, 0.2) is 109 Å². The molecule has 0 aliphatic heterocycles. The average Bonchev–Trinajstić information content (AvgIpc) is 4.00. The van der Waals surface area contributed by atoms with Crippen LogP contribution in [0.25, 0.3) is 22.5 Å². The van der Waals surface area contributed by atoms with E-state index in [4.69, 9.17) is 14.2 Å². The van der Waals surface area contributed by atoms with Crippen molar-refractivity contribution >= 4 is 34.7 Å². The fourth-order valence-corrected chi connectivity index (χ4v) is 6.37. The van der Waals surface area contributed by atoms with E-state index in [1.165, 1.54) is 0 Å². The molecule has 0 bridgehead atoms. The minimum absolute atomic E-state index is 0.115. The maximum absolute atomic E-state index is 12.3. The first-order valence-electron chi connectivity index (χ1n) is 19.5. The molecule has 6 aromatic rings. The summed E-state index contributed by atoms with van der Waals surface area (Å²) in [6.07, 6.45) is 6.21. The second-order valence-corrected chi connectivity index (χ2v) is 14.7. The molecule has 0 atom stereocenters. The fraction of sp³-hybridized carbons (Fsp3) is 0.250.